The Hall–Kier alpha value is -1.27. The summed E-state index contributed by atoms with van der Waals surface area (Å²) in [7, 11) is 0. The summed E-state index contributed by atoms with van der Waals surface area (Å²) in [6.07, 6.45) is 28.8. The lowest BCUT2D eigenvalue weighted by molar-refractivity contribution is 0.0713. The Morgan fingerprint density at radius 1 is 0.672 bits per heavy atom. The van der Waals surface area contributed by atoms with Crippen LogP contribution in [0.4, 0.5) is 0 Å². The number of azo groups is 1. The number of hydrogen-bond donors (Lipinski definition) is 0. The highest BCUT2D eigenvalue weighted by Crippen LogP contribution is 2.61. The van der Waals surface area contributed by atoms with Gasteiger partial charge >= 0.3 is 0 Å². The van der Waals surface area contributed by atoms with E-state index in [-0.39, 0.29) is 12.1 Å². The Morgan fingerprint density at radius 2 is 1.49 bits per heavy atom. The molecule has 11 unspecified atom stereocenters. The minimum atomic E-state index is 0.194. The first-order valence-corrected chi connectivity index (χ1v) is 29.3. The van der Waals surface area contributed by atoms with E-state index in [1.54, 1.807) is 10.4 Å². The number of nitrogens with zero attached hydrogens (tertiary/aromatic N) is 2. The second-order valence-electron chi connectivity index (χ2n) is 18.6. The Kier molecular flexibility index (Phi) is 16.1. The smallest absolute Gasteiger partial charge is 0.0921 e. The zero-order chi connectivity index (χ0) is 41.5. The van der Waals surface area contributed by atoms with Gasteiger partial charge in [-0.3, -0.25) is 0 Å². The van der Waals surface area contributed by atoms with Crippen molar-refractivity contribution in [3.63, 3.8) is 0 Å². The highest BCUT2D eigenvalue weighted by Gasteiger charge is 2.47. The van der Waals surface area contributed by atoms with Crippen LogP contribution in [0, 0.1) is 11.8 Å². The highest BCUT2D eigenvalue weighted by molar-refractivity contribution is 8.06. The second-order valence-corrected chi connectivity index (χ2v) is 26.0. The number of fused-ring (bicyclic) bond motifs is 2. The van der Waals surface area contributed by atoms with E-state index in [2.05, 4.69) is 127 Å². The summed E-state index contributed by atoms with van der Waals surface area (Å²) in [4.78, 5) is 7.32. The molecule has 11 rings (SSSR count). The van der Waals surface area contributed by atoms with E-state index in [0.29, 0.717) is 34.3 Å². The highest BCUT2D eigenvalue weighted by atomic mass is 32.2. The molecular weight excluding hydrogens is 865 g/mol. The molecule has 4 bridgehead atoms. The third-order valence-electron chi connectivity index (χ3n) is 14.4. The molecule has 0 radical (unpaired) electrons. The minimum Gasteiger partial charge on any atom is -0.498 e. The van der Waals surface area contributed by atoms with Gasteiger partial charge in [-0.15, -0.1) is 45.8 Å². The van der Waals surface area contributed by atoms with Crippen molar-refractivity contribution in [2.24, 2.45) is 22.1 Å². The third kappa shape index (κ3) is 11.2. The molecule has 4 fully saturated rings. The first-order chi connectivity index (χ1) is 30.0. The predicted molar refractivity (Wildman–Crippen MR) is 271 cm³/mol. The summed E-state index contributed by atoms with van der Waals surface area (Å²) in [5.41, 5.74) is 3.14. The molecule has 9 heterocycles. The molecule has 61 heavy (non-hydrogen) atoms. The Morgan fingerprint density at radius 3 is 2.25 bits per heavy atom. The lowest BCUT2D eigenvalue weighted by Crippen LogP contribution is -2.25. The summed E-state index contributed by atoms with van der Waals surface area (Å²) in [6.45, 7) is 8.89. The van der Waals surface area contributed by atoms with Crippen molar-refractivity contribution in [2.45, 2.75) is 174 Å². The molecule has 3 aromatic rings. The number of rotatable bonds is 4. The lowest BCUT2D eigenvalue weighted by Gasteiger charge is -2.34. The molecule has 8 aliphatic rings. The molecule has 4 nitrogen and oxygen atoms in total. The van der Waals surface area contributed by atoms with Gasteiger partial charge in [0.1, 0.15) is 0 Å². The van der Waals surface area contributed by atoms with Crippen LogP contribution < -0.4 is 0 Å². The lowest BCUT2D eigenvalue weighted by atomic mass is 9.74. The Bertz CT molecular complexity index is 1970. The largest absolute Gasteiger partial charge is 0.498 e. The number of ether oxygens (including phenoxy) is 2. The fourth-order valence-corrected chi connectivity index (χ4v) is 19.7. The summed E-state index contributed by atoms with van der Waals surface area (Å²) in [6, 6.07) is 12.4. The first-order valence-electron chi connectivity index (χ1n) is 23.8. The maximum atomic E-state index is 6.68. The molecule has 0 spiro atoms. The van der Waals surface area contributed by atoms with Gasteiger partial charge in [-0.25, -0.2) is 0 Å². The van der Waals surface area contributed by atoms with E-state index in [1.807, 2.05) is 22.7 Å². The molecule has 3 aromatic heterocycles. The number of thiophene rings is 3. The van der Waals surface area contributed by atoms with Crippen LogP contribution in [0.3, 0.4) is 0 Å². The van der Waals surface area contributed by atoms with Gasteiger partial charge in [-0.05, 0) is 175 Å². The van der Waals surface area contributed by atoms with Gasteiger partial charge < -0.3 is 9.47 Å². The van der Waals surface area contributed by atoms with E-state index in [1.165, 1.54) is 88.0 Å². The minimum absolute atomic E-state index is 0.194. The normalized spacial score (nSPS) is 36.3. The number of thioether (sulfide) groups is 3. The van der Waals surface area contributed by atoms with Gasteiger partial charge in [0.15, 0.2) is 0 Å². The number of hydrogen-bond acceptors (Lipinski definition) is 10. The van der Waals surface area contributed by atoms with Gasteiger partial charge in [0, 0.05) is 63.2 Å². The van der Waals surface area contributed by atoms with E-state index in [9.17, 15) is 0 Å². The van der Waals surface area contributed by atoms with Crippen molar-refractivity contribution in [1.82, 2.24) is 0 Å². The van der Waals surface area contributed by atoms with Crippen LogP contribution in [0.2, 0.25) is 0 Å². The molecule has 0 amide bonds. The standard InChI is InChI=1S/C51H68N2O2S6/c1-33-30-37-18-21-39(33)41-32-49(47-25-23-45(59-47)43-15-13-29-57-43)61-51(41)50-40(31-48(60-50)46-24-22-44(58-46)42-14-12-28-56-42)34(2)35(3)54-26-10-8-6-4-5-7-9-11-27-55-38-19-16-36(17-20-38)52-53-37/h4-5,13,15-16,19,23,25,29,32-33,36-40,42,44,46,48,50H,6-12,14,17-18,20-22,24,26-28,30-31H2,1-3H3/b5-4+,35-34-,53-52?. The van der Waals surface area contributed by atoms with Crippen molar-refractivity contribution in [3.8, 4) is 19.5 Å². The van der Waals surface area contributed by atoms with Crippen molar-refractivity contribution < 1.29 is 9.47 Å². The third-order valence-corrected chi connectivity index (χ3v) is 23.5. The monoisotopic (exact) mass is 932 g/mol. The topological polar surface area (TPSA) is 43.2 Å². The molecule has 6 aliphatic heterocycles. The Balaban J connectivity index is 1.02. The molecule has 3 saturated heterocycles. The average molecular weight is 934 g/mol. The van der Waals surface area contributed by atoms with Crippen LogP contribution in [0.5, 0.6) is 0 Å². The van der Waals surface area contributed by atoms with Crippen molar-refractivity contribution in [3.05, 3.63) is 81.8 Å². The van der Waals surface area contributed by atoms with Crippen LogP contribution in [0.25, 0.3) is 19.5 Å². The summed E-state index contributed by atoms with van der Waals surface area (Å²) in [5.74, 6) is 4.15. The predicted octanol–water partition coefficient (Wildman–Crippen LogP) is 16.6. The maximum Gasteiger partial charge on any atom is 0.0921 e. The van der Waals surface area contributed by atoms with Crippen molar-refractivity contribution in [2.75, 3.05) is 19.0 Å². The van der Waals surface area contributed by atoms with Crippen LogP contribution in [-0.4, -0.2) is 58.2 Å². The Labute approximate surface area is 392 Å². The van der Waals surface area contributed by atoms with Gasteiger partial charge in [0.05, 0.1) is 30.6 Å². The molecular formula is C51H68N2O2S6. The summed E-state index contributed by atoms with van der Waals surface area (Å²) >= 11 is 13.0. The SMILES string of the molecule is C/C1=C(\C)C2CC(C3CCC(C4CCCS4)S3)SC2c2sc(-c3ccc(-c4cccs4)s3)cc2C2CCC(CC2C)N=NC2C=CC(CC2)OCCCC/C=C/CCCCO1. The van der Waals surface area contributed by atoms with E-state index >= 15 is 0 Å². The van der Waals surface area contributed by atoms with Crippen LogP contribution >= 0.6 is 69.3 Å². The van der Waals surface area contributed by atoms with Crippen LogP contribution in [-0.2, 0) is 9.47 Å². The van der Waals surface area contributed by atoms with Crippen molar-refractivity contribution in [1.29, 1.82) is 0 Å². The van der Waals surface area contributed by atoms with Crippen molar-refractivity contribution >= 4 is 69.3 Å². The van der Waals surface area contributed by atoms with E-state index < -0.39 is 0 Å². The first kappa shape index (κ1) is 44.9. The fraction of sp³-hybridized carbons (Fsp3) is 0.647. The zero-order valence-corrected chi connectivity index (χ0v) is 41.6. The second kappa shape index (κ2) is 21.8. The van der Waals surface area contributed by atoms with E-state index in [0.717, 1.165) is 80.3 Å². The molecule has 0 N–H and O–H groups in total. The van der Waals surface area contributed by atoms with Crippen LogP contribution in [0.15, 0.2) is 81.6 Å². The maximum absolute atomic E-state index is 6.68. The summed E-state index contributed by atoms with van der Waals surface area (Å²) < 4.78 is 12.9. The van der Waals surface area contributed by atoms with E-state index in [4.69, 9.17) is 19.7 Å². The van der Waals surface area contributed by atoms with Gasteiger partial charge in [0.25, 0.3) is 0 Å². The summed E-state index contributed by atoms with van der Waals surface area (Å²) in [5, 5.41) is 15.9. The molecule has 0 aromatic carbocycles. The van der Waals surface area contributed by atoms with Gasteiger partial charge in [-0.1, -0.05) is 37.3 Å². The molecule has 2 aliphatic carbocycles. The number of allylic oxidation sites excluding steroid dienone is 4. The average Bonchev–Trinajstić information content (AvgIpc) is 4.13. The molecule has 330 valence electrons. The molecule has 10 heteroatoms. The van der Waals surface area contributed by atoms with Gasteiger partial charge in [0.2, 0.25) is 0 Å². The van der Waals surface area contributed by atoms with Crippen LogP contribution in [0.1, 0.15) is 145 Å². The molecule has 11 atom stereocenters. The zero-order valence-electron chi connectivity index (χ0n) is 36.7. The van der Waals surface area contributed by atoms with Gasteiger partial charge in [-0.2, -0.15) is 33.8 Å². The quantitative estimate of drug-likeness (QED) is 0.244. The fourth-order valence-electron chi connectivity index (χ4n) is 10.7. The molecule has 1 saturated carbocycles.